The quantitative estimate of drug-likeness (QED) is 0.641. The fourth-order valence-electron chi connectivity index (χ4n) is 2.80. The molecule has 1 heterocycles. The van der Waals surface area contributed by atoms with E-state index in [-0.39, 0.29) is 0 Å². The molecule has 110 valence electrons. The Morgan fingerprint density at radius 1 is 1.15 bits per heavy atom. The summed E-state index contributed by atoms with van der Waals surface area (Å²) in [6.07, 6.45) is 4.60. The average Bonchev–Trinajstić information content (AvgIpc) is 2.76. The third-order valence-corrected chi connectivity index (χ3v) is 4.02. The van der Waals surface area contributed by atoms with Crippen LogP contribution in [0, 0.1) is 5.92 Å². The van der Waals surface area contributed by atoms with Crippen molar-refractivity contribution in [3.8, 4) is 0 Å². The van der Waals surface area contributed by atoms with Gasteiger partial charge in [0, 0.05) is 18.3 Å². The highest BCUT2D eigenvalue weighted by molar-refractivity contribution is 6.17. The van der Waals surface area contributed by atoms with E-state index in [2.05, 4.69) is 43.5 Å². The Bertz CT molecular complexity index is 545. The fraction of sp³-hybridized carbons (Fsp3) is 0.588. The molecule has 1 unspecified atom stereocenters. The smallest absolute Gasteiger partial charge is 0.111 e. The molecular formula is C17H25ClN2. The van der Waals surface area contributed by atoms with Gasteiger partial charge in [-0.25, -0.2) is 4.98 Å². The summed E-state index contributed by atoms with van der Waals surface area (Å²) in [6.45, 7) is 6.87. The van der Waals surface area contributed by atoms with Crippen molar-refractivity contribution in [2.75, 3.05) is 5.88 Å². The maximum absolute atomic E-state index is 5.93. The van der Waals surface area contributed by atoms with E-state index in [0.717, 1.165) is 23.7 Å². The molecule has 0 spiro atoms. The summed E-state index contributed by atoms with van der Waals surface area (Å²) in [7, 11) is 0. The van der Waals surface area contributed by atoms with E-state index in [9.17, 15) is 0 Å². The van der Waals surface area contributed by atoms with Crippen LogP contribution in [0.5, 0.6) is 0 Å². The molecular weight excluding hydrogens is 268 g/mol. The first-order valence-electron chi connectivity index (χ1n) is 7.65. The lowest BCUT2D eigenvalue weighted by atomic mass is 10.0. The number of imidazole rings is 1. The van der Waals surface area contributed by atoms with Gasteiger partial charge in [0.05, 0.1) is 11.0 Å². The van der Waals surface area contributed by atoms with Crippen LogP contribution in [0.4, 0.5) is 0 Å². The average molecular weight is 293 g/mol. The number of aryl methyl sites for hydroxylation is 1. The summed E-state index contributed by atoms with van der Waals surface area (Å²) in [5, 5.41) is 0. The van der Waals surface area contributed by atoms with Gasteiger partial charge in [-0.15, -0.1) is 11.6 Å². The second-order valence-corrected chi connectivity index (χ2v) is 6.38. The van der Waals surface area contributed by atoms with Gasteiger partial charge >= 0.3 is 0 Å². The normalized spacial score (nSPS) is 13.2. The van der Waals surface area contributed by atoms with Crippen molar-refractivity contribution in [2.24, 2.45) is 5.92 Å². The van der Waals surface area contributed by atoms with Crippen LogP contribution in [-0.2, 0) is 6.42 Å². The molecule has 1 aromatic heterocycles. The van der Waals surface area contributed by atoms with Crippen molar-refractivity contribution in [1.29, 1.82) is 0 Å². The molecule has 1 aromatic carbocycles. The van der Waals surface area contributed by atoms with Crippen LogP contribution in [-0.4, -0.2) is 15.4 Å². The molecule has 0 saturated heterocycles. The zero-order chi connectivity index (χ0) is 14.5. The summed E-state index contributed by atoms with van der Waals surface area (Å²) in [4.78, 5) is 4.75. The van der Waals surface area contributed by atoms with Crippen molar-refractivity contribution < 1.29 is 0 Å². The Morgan fingerprint density at radius 3 is 2.60 bits per heavy atom. The fourth-order valence-corrected chi connectivity index (χ4v) is 2.97. The highest BCUT2D eigenvalue weighted by Crippen LogP contribution is 2.25. The van der Waals surface area contributed by atoms with E-state index < -0.39 is 0 Å². The van der Waals surface area contributed by atoms with E-state index in [1.807, 2.05) is 6.07 Å². The summed E-state index contributed by atoms with van der Waals surface area (Å²) in [6, 6.07) is 8.88. The van der Waals surface area contributed by atoms with Crippen LogP contribution in [0.1, 0.15) is 51.9 Å². The van der Waals surface area contributed by atoms with Crippen LogP contribution in [0.25, 0.3) is 11.0 Å². The molecule has 0 N–H and O–H groups in total. The third-order valence-electron chi connectivity index (χ3n) is 3.83. The highest BCUT2D eigenvalue weighted by atomic mass is 35.5. The summed E-state index contributed by atoms with van der Waals surface area (Å²) < 4.78 is 2.39. The van der Waals surface area contributed by atoms with Gasteiger partial charge in [-0.2, -0.15) is 0 Å². The Balaban J connectivity index is 2.23. The summed E-state index contributed by atoms with van der Waals surface area (Å²) in [5.41, 5.74) is 2.33. The molecule has 0 fully saturated rings. The molecule has 0 amide bonds. The first-order valence-corrected chi connectivity index (χ1v) is 8.18. The number of para-hydroxylation sites is 2. The molecule has 2 nitrogen and oxygen atoms in total. The molecule has 0 radical (unpaired) electrons. The predicted octanol–water partition coefficient (Wildman–Crippen LogP) is 5.20. The lowest BCUT2D eigenvalue weighted by Crippen LogP contribution is -2.10. The number of aromatic nitrogens is 2. The lowest BCUT2D eigenvalue weighted by molar-refractivity contribution is 0.445. The van der Waals surface area contributed by atoms with E-state index in [1.165, 1.54) is 24.8 Å². The van der Waals surface area contributed by atoms with Crippen LogP contribution < -0.4 is 0 Å². The number of halogens is 1. The van der Waals surface area contributed by atoms with Crippen molar-refractivity contribution >= 4 is 22.6 Å². The number of nitrogens with zero attached hydrogens (tertiary/aromatic N) is 2. The first kappa shape index (κ1) is 15.4. The largest absolute Gasteiger partial charge is 0.325 e. The summed E-state index contributed by atoms with van der Waals surface area (Å²) in [5.74, 6) is 2.53. The Hall–Kier alpha value is -1.02. The van der Waals surface area contributed by atoms with Gasteiger partial charge in [0.15, 0.2) is 0 Å². The molecule has 2 aromatic rings. The lowest BCUT2D eigenvalue weighted by Gasteiger charge is -2.18. The number of hydrogen-bond donors (Lipinski definition) is 0. The molecule has 2 rings (SSSR count). The maximum Gasteiger partial charge on any atom is 0.111 e. The number of fused-ring (bicyclic) bond motifs is 1. The van der Waals surface area contributed by atoms with E-state index >= 15 is 0 Å². The van der Waals surface area contributed by atoms with Gasteiger partial charge in [0.2, 0.25) is 0 Å². The van der Waals surface area contributed by atoms with Gasteiger partial charge in [0.1, 0.15) is 5.82 Å². The Labute approximate surface area is 127 Å². The molecule has 0 aliphatic heterocycles. The number of hydrogen-bond acceptors (Lipinski definition) is 1. The summed E-state index contributed by atoms with van der Waals surface area (Å²) >= 11 is 5.93. The SMILES string of the molecule is CC(C)CCCC(C)n1c(CCCl)nc2ccccc21. The van der Waals surface area contributed by atoms with Crippen LogP contribution in [0.3, 0.4) is 0 Å². The predicted molar refractivity (Wildman–Crippen MR) is 87.6 cm³/mol. The standard InChI is InChI=1S/C17H25ClN2/c1-13(2)7-6-8-14(3)20-16-10-5-4-9-15(16)19-17(20)11-12-18/h4-5,9-10,13-14H,6-8,11-12H2,1-3H3. The minimum absolute atomic E-state index is 0.486. The number of alkyl halides is 1. The van der Waals surface area contributed by atoms with Gasteiger partial charge < -0.3 is 4.57 Å². The van der Waals surface area contributed by atoms with Crippen LogP contribution in [0.2, 0.25) is 0 Å². The van der Waals surface area contributed by atoms with E-state index in [4.69, 9.17) is 16.6 Å². The topological polar surface area (TPSA) is 17.8 Å². The zero-order valence-corrected chi connectivity index (χ0v) is 13.5. The van der Waals surface area contributed by atoms with Crippen molar-refractivity contribution in [2.45, 2.75) is 52.5 Å². The van der Waals surface area contributed by atoms with Gasteiger partial charge in [-0.3, -0.25) is 0 Å². The molecule has 0 aliphatic rings. The van der Waals surface area contributed by atoms with Crippen molar-refractivity contribution in [1.82, 2.24) is 9.55 Å². The second kappa shape index (κ2) is 7.12. The van der Waals surface area contributed by atoms with Crippen LogP contribution in [0.15, 0.2) is 24.3 Å². The minimum Gasteiger partial charge on any atom is -0.325 e. The Morgan fingerprint density at radius 2 is 1.90 bits per heavy atom. The molecule has 1 atom stereocenters. The molecule has 0 bridgehead atoms. The Kier molecular flexibility index (Phi) is 5.47. The number of rotatable bonds is 7. The third kappa shape index (κ3) is 3.54. The molecule has 0 aliphatic carbocycles. The maximum atomic E-state index is 5.93. The molecule has 0 saturated carbocycles. The molecule has 20 heavy (non-hydrogen) atoms. The van der Waals surface area contributed by atoms with Crippen molar-refractivity contribution in [3.05, 3.63) is 30.1 Å². The zero-order valence-electron chi connectivity index (χ0n) is 12.8. The number of benzene rings is 1. The first-order chi connectivity index (χ1) is 9.63. The van der Waals surface area contributed by atoms with E-state index in [0.29, 0.717) is 11.9 Å². The van der Waals surface area contributed by atoms with Gasteiger partial charge in [-0.1, -0.05) is 38.8 Å². The molecule has 3 heteroatoms. The second-order valence-electron chi connectivity index (χ2n) is 6.00. The van der Waals surface area contributed by atoms with E-state index in [1.54, 1.807) is 0 Å². The van der Waals surface area contributed by atoms with Crippen molar-refractivity contribution in [3.63, 3.8) is 0 Å². The van der Waals surface area contributed by atoms with Gasteiger partial charge in [-0.05, 0) is 31.4 Å². The monoisotopic (exact) mass is 292 g/mol. The van der Waals surface area contributed by atoms with Crippen LogP contribution >= 0.6 is 11.6 Å². The highest BCUT2D eigenvalue weighted by Gasteiger charge is 2.15. The van der Waals surface area contributed by atoms with Gasteiger partial charge in [0.25, 0.3) is 0 Å². The minimum atomic E-state index is 0.486.